The highest BCUT2D eigenvalue weighted by molar-refractivity contribution is 6.01. The lowest BCUT2D eigenvalue weighted by Crippen LogP contribution is -2.41. The van der Waals surface area contributed by atoms with Crippen LogP contribution in [0.2, 0.25) is 0 Å². The van der Waals surface area contributed by atoms with E-state index >= 15 is 0 Å². The molecule has 1 aliphatic rings. The lowest BCUT2D eigenvalue weighted by molar-refractivity contribution is 0.0670. The number of hydrogen-bond acceptors (Lipinski definition) is 4. The maximum atomic E-state index is 13.2. The third kappa shape index (κ3) is 2.77. The average molecular weight is 335 g/mol. The first kappa shape index (κ1) is 15.7. The monoisotopic (exact) mass is 335 g/mol. The van der Waals surface area contributed by atoms with Crippen LogP contribution in [0.3, 0.4) is 0 Å². The summed E-state index contributed by atoms with van der Waals surface area (Å²) in [7, 11) is 0. The third-order valence-corrected chi connectivity index (χ3v) is 5.05. The SMILES string of the molecule is Cc1nc2ccccc2c(C)c1C(=O)N1CCCC(n2ccnn2)C1. The minimum Gasteiger partial charge on any atom is -0.336 e. The number of rotatable bonds is 2. The number of amides is 1. The van der Waals surface area contributed by atoms with Crippen LogP contribution in [0, 0.1) is 13.8 Å². The Morgan fingerprint density at radius 3 is 2.88 bits per heavy atom. The van der Waals surface area contributed by atoms with E-state index in [0.717, 1.165) is 47.1 Å². The van der Waals surface area contributed by atoms with Gasteiger partial charge >= 0.3 is 0 Å². The largest absolute Gasteiger partial charge is 0.336 e. The van der Waals surface area contributed by atoms with Crippen molar-refractivity contribution in [1.82, 2.24) is 24.9 Å². The van der Waals surface area contributed by atoms with E-state index in [0.29, 0.717) is 6.54 Å². The summed E-state index contributed by atoms with van der Waals surface area (Å²) in [6.07, 6.45) is 5.53. The standard InChI is InChI=1S/C19H21N5O/c1-13-16-7-3-4-8-17(16)21-14(2)18(13)19(25)23-10-5-6-15(12-23)24-11-9-20-22-24/h3-4,7-9,11,15H,5-6,10,12H2,1-2H3. The van der Waals surface area contributed by atoms with Gasteiger partial charge in [-0.15, -0.1) is 5.10 Å². The molecule has 1 aliphatic heterocycles. The van der Waals surface area contributed by atoms with Crippen LogP contribution >= 0.6 is 0 Å². The van der Waals surface area contributed by atoms with E-state index in [2.05, 4.69) is 15.3 Å². The molecule has 0 bridgehead atoms. The molecule has 1 atom stereocenters. The van der Waals surface area contributed by atoms with Crippen LogP contribution in [-0.4, -0.2) is 43.9 Å². The van der Waals surface area contributed by atoms with Crippen LogP contribution in [0.4, 0.5) is 0 Å². The quantitative estimate of drug-likeness (QED) is 0.722. The highest BCUT2D eigenvalue weighted by Crippen LogP contribution is 2.27. The Hall–Kier alpha value is -2.76. The fraction of sp³-hybridized carbons (Fsp3) is 0.368. The zero-order valence-corrected chi connectivity index (χ0v) is 14.5. The van der Waals surface area contributed by atoms with Crippen molar-refractivity contribution in [3.63, 3.8) is 0 Å². The summed E-state index contributed by atoms with van der Waals surface area (Å²) in [6, 6.07) is 8.17. The Bertz CT molecular complexity index is 919. The molecule has 2 aromatic heterocycles. The Balaban J connectivity index is 1.67. The van der Waals surface area contributed by atoms with Gasteiger partial charge < -0.3 is 4.90 Å². The predicted octanol–water partition coefficient (Wildman–Crippen LogP) is 2.92. The van der Waals surface area contributed by atoms with E-state index in [1.54, 1.807) is 6.20 Å². The summed E-state index contributed by atoms with van der Waals surface area (Å²) in [5, 5.41) is 9.03. The molecule has 0 aliphatic carbocycles. The molecule has 3 heterocycles. The molecule has 6 heteroatoms. The molecule has 1 saturated heterocycles. The van der Waals surface area contributed by atoms with Crippen molar-refractivity contribution in [1.29, 1.82) is 0 Å². The van der Waals surface area contributed by atoms with Gasteiger partial charge in [-0.25, -0.2) is 4.68 Å². The molecule has 1 amide bonds. The van der Waals surface area contributed by atoms with Gasteiger partial charge in [-0.2, -0.15) is 0 Å². The summed E-state index contributed by atoms with van der Waals surface area (Å²) < 4.78 is 1.86. The number of piperidine rings is 1. The Morgan fingerprint density at radius 2 is 2.08 bits per heavy atom. The number of pyridine rings is 1. The highest BCUT2D eigenvalue weighted by Gasteiger charge is 2.28. The van der Waals surface area contributed by atoms with Gasteiger partial charge in [-0.1, -0.05) is 23.4 Å². The van der Waals surface area contributed by atoms with Crippen LogP contribution in [0.1, 0.15) is 40.5 Å². The average Bonchev–Trinajstić information content (AvgIpc) is 3.16. The number of benzene rings is 1. The van der Waals surface area contributed by atoms with Gasteiger partial charge in [0.1, 0.15) is 0 Å². The molecule has 4 rings (SSSR count). The molecule has 1 aromatic carbocycles. The van der Waals surface area contributed by atoms with Crippen molar-refractivity contribution in [2.45, 2.75) is 32.7 Å². The van der Waals surface area contributed by atoms with Crippen LogP contribution < -0.4 is 0 Å². The number of nitrogens with zero attached hydrogens (tertiary/aromatic N) is 5. The molecule has 1 unspecified atom stereocenters. The summed E-state index contributed by atoms with van der Waals surface area (Å²) in [5.74, 6) is 0.0677. The first-order valence-corrected chi connectivity index (χ1v) is 8.66. The molecule has 25 heavy (non-hydrogen) atoms. The first-order valence-electron chi connectivity index (χ1n) is 8.66. The van der Waals surface area contributed by atoms with Gasteiger partial charge in [0.2, 0.25) is 0 Å². The smallest absolute Gasteiger partial charge is 0.256 e. The Morgan fingerprint density at radius 1 is 1.24 bits per heavy atom. The van der Waals surface area contributed by atoms with E-state index in [1.165, 1.54) is 0 Å². The van der Waals surface area contributed by atoms with Crippen LogP contribution in [0.15, 0.2) is 36.7 Å². The lowest BCUT2D eigenvalue weighted by atomic mass is 9.99. The van der Waals surface area contributed by atoms with Crippen molar-refractivity contribution in [3.05, 3.63) is 53.5 Å². The van der Waals surface area contributed by atoms with Crippen molar-refractivity contribution >= 4 is 16.8 Å². The zero-order chi connectivity index (χ0) is 17.4. The van der Waals surface area contributed by atoms with Crippen LogP contribution in [0.5, 0.6) is 0 Å². The molecule has 0 N–H and O–H groups in total. The van der Waals surface area contributed by atoms with Gasteiger partial charge in [0, 0.05) is 24.7 Å². The Labute approximate surface area is 146 Å². The highest BCUT2D eigenvalue weighted by atomic mass is 16.2. The van der Waals surface area contributed by atoms with Crippen molar-refractivity contribution in [3.8, 4) is 0 Å². The van der Waals surface area contributed by atoms with Crippen LogP contribution in [-0.2, 0) is 0 Å². The van der Waals surface area contributed by atoms with Crippen molar-refractivity contribution < 1.29 is 4.79 Å². The fourth-order valence-electron chi connectivity index (χ4n) is 3.77. The van der Waals surface area contributed by atoms with E-state index in [-0.39, 0.29) is 11.9 Å². The zero-order valence-electron chi connectivity index (χ0n) is 14.5. The van der Waals surface area contributed by atoms with Gasteiger partial charge in [0.25, 0.3) is 5.91 Å². The number of aromatic nitrogens is 4. The molecule has 0 radical (unpaired) electrons. The first-order chi connectivity index (χ1) is 12.1. The van der Waals surface area contributed by atoms with Crippen LogP contribution in [0.25, 0.3) is 10.9 Å². The molecular weight excluding hydrogens is 314 g/mol. The van der Waals surface area contributed by atoms with E-state index in [4.69, 9.17) is 0 Å². The topological polar surface area (TPSA) is 63.9 Å². The van der Waals surface area contributed by atoms with Gasteiger partial charge in [0.05, 0.1) is 29.0 Å². The number of hydrogen-bond donors (Lipinski definition) is 0. The number of aryl methyl sites for hydroxylation is 2. The summed E-state index contributed by atoms with van der Waals surface area (Å²) in [5.41, 5.74) is 3.48. The number of carbonyl (C=O) groups is 1. The second-order valence-corrected chi connectivity index (χ2v) is 6.64. The maximum Gasteiger partial charge on any atom is 0.256 e. The molecule has 3 aromatic rings. The molecular formula is C19H21N5O. The van der Waals surface area contributed by atoms with Gasteiger partial charge in [-0.3, -0.25) is 9.78 Å². The molecule has 128 valence electrons. The number of likely N-dealkylation sites (tertiary alicyclic amines) is 1. The molecule has 6 nitrogen and oxygen atoms in total. The maximum absolute atomic E-state index is 13.2. The molecule has 0 spiro atoms. The summed E-state index contributed by atoms with van der Waals surface area (Å²) >= 11 is 0. The number of carbonyl (C=O) groups excluding carboxylic acids is 1. The summed E-state index contributed by atoms with van der Waals surface area (Å²) in [6.45, 7) is 5.37. The molecule has 1 fully saturated rings. The van der Waals surface area contributed by atoms with Crippen molar-refractivity contribution in [2.24, 2.45) is 0 Å². The normalized spacial score (nSPS) is 17.8. The Kier molecular flexibility index (Phi) is 3.95. The minimum absolute atomic E-state index is 0.0677. The predicted molar refractivity (Wildman–Crippen MR) is 95.4 cm³/mol. The van der Waals surface area contributed by atoms with E-state index in [1.807, 2.05) is 53.9 Å². The number of para-hydroxylation sites is 1. The van der Waals surface area contributed by atoms with E-state index in [9.17, 15) is 4.79 Å². The minimum atomic E-state index is 0.0677. The lowest BCUT2D eigenvalue weighted by Gasteiger charge is -2.33. The van der Waals surface area contributed by atoms with Gasteiger partial charge in [-0.05, 0) is 38.3 Å². The second kappa shape index (κ2) is 6.27. The fourth-order valence-corrected chi connectivity index (χ4v) is 3.77. The second-order valence-electron chi connectivity index (χ2n) is 6.64. The van der Waals surface area contributed by atoms with Gasteiger partial charge in [0.15, 0.2) is 0 Å². The van der Waals surface area contributed by atoms with Crippen molar-refractivity contribution in [2.75, 3.05) is 13.1 Å². The number of fused-ring (bicyclic) bond motifs is 1. The molecule has 0 saturated carbocycles. The summed E-state index contributed by atoms with van der Waals surface area (Å²) in [4.78, 5) is 19.8. The van der Waals surface area contributed by atoms with E-state index < -0.39 is 0 Å². The third-order valence-electron chi connectivity index (χ3n) is 5.05.